The number of carbonyl (C=O) groups excluding carboxylic acids is 2. The van der Waals surface area contributed by atoms with Gasteiger partial charge in [-0.3, -0.25) is 14.4 Å². The number of fused-ring (bicyclic) bond motifs is 3. The molecule has 0 saturated carbocycles. The van der Waals surface area contributed by atoms with Crippen molar-refractivity contribution in [1.82, 2.24) is 43.6 Å². The molecule has 8 rings (SSSR count). The Kier molecular flexibility index (Phi) is 8.56. The number of piperidine rings is 1. The molecule has 276 valence electrons. The number of halogens is 4. The number of likely N-dealkylation sites (tertiary alicyclic amines) is 1. The van der Waals surface area contributed by atoms with Crippen molar-refractivity contribution in [3.05, 3.63) is 117 Å². The number of ether oxygens (including phenoxy) is 1. The number of hydrogen-bond acceptors (Lipinski definition) is 9. The van der Waals surface area contributed by atoms with E-state index in [1.165, 1.54) is 10.9 Å². The van der Waals surface area contributed by atoms with Gasteiger partial charge in [-0.15, -0.1) is 5.10 Å². The van der Waals surface area contributed by atoms with Gasteiger partial charge in [0, 0.05) is 36.2 Å². The van der Waals surface area contributed by atoms with Crippen molar-refractivity contribution < 1.29 is 27.5 Å². The maximum Gasteiger partial charge on any atom is 0.416 e. The molecule has 18 heteroatoms. The van der Waals surface area contributed by atoms with E-state index in [-0.39, 0.29) is 66.5 Å². The molecule has 6 aromatic rings. The van der Waals surface area contributed by atoms with Gasteiger partial charge in [0.15, 0.2) is 5.82 Å². The minimum absolute atomic E-state index is 0.0256. The van der Waals surface area contributed by atoms with Gasteiger partial charge in [0.05, 0.1) is 46.2 Å². The number of aromatic nitrogens is 8. The zero-order valence-corrected chi connectivity index (χ0v) is 29.5. The van der Waals surface area contributed by atoms with Crippen LogP contribution in [0.4, 0.5) is 18.9 Å². The Hall–Kier alpha value is -5.94. The van der Waals surface area contributed by atoms with Gasteiger partial charge in [-0.2, -0.15) is 22.7 Å². The molecule has 0 atom stereocenters. The fourth-order valence-corrected chi connectivity index (χ4v) is 7.17. The quantitative estimate of drug-likeness (QED) is 0.244. The van der Waals surface area contributed by atoms with E-state index in [1.54, 1.807) is 36.4 Å². The maximum atomic E-state index is 14.4. The van der Waals surface area contributed by atoms with Gasteiger partial charge in [0.1, 0.15) is 24.2 Å². The second-order valence-corrected chi connectivity index (χ2v) is 13.6. The van der Waals surface area contributed by atoms with Crippen LogP contribution in [-0.4, -0.2) is 68.5 Å². The second-order valence-electron chi connectivity index (χ2n) is 13.2. The summed E-state index contributed by atoms with van der Waals surface area (Å²) in [5.41, 5.74) is 1.35. The zero-order valence-electron chi connectivity index (χ0n) is 28.8. The van der Waals surface area contributed by atoms with Crippen LogP contribution in [0.5, 0.6) is 0 Å². The van der Waals surface area contributed by atoms with Crippen molar-refractivity contribution in [2.45, 2.75) is 51.6 Å². The third kappa shape index (κ3) is 6.28. The van der Waals surface area contributed by atoms with Crippen molar-refractivity contribution >= 4 is 34.9 Å². The van der Waals surface area contributed by atoms with Gasteiger partial charge in [-0.1, -0.05) is 11.6 Å². The largest absolute Gasteiger partial charge is 0.416 e. The summed E-state index contributed by atoms with van der Waals surface area (Å²) in [4.78, 5) is 60.1. The monoisotopic (exact) mass is 758 g/mol. The predicted octanol–water partition coefficient (Wildman–Crippen LogP) is 5.12. The van der Waals surface area contributed by atoms with Crippen LogP contribution in [0.25, 0.3) is 22.9 Å². The van der Waals surface area contributed by atoms with Gasteiger partial charge in [-0.25, -0.2) is 15.0 Å². The van der Waals surface area contributed by atoms with Crippen LogP contribution in [0.3, 0.4) is 0 Å². The molecule has 4 aromatic heterocycles. The fourth-order valence-electron chi connectivity index (χ4n) is 6.94. The van der Waals surface area contributed by atoms with Gasteiger partial charge < -0.3 is 24.1 Å². The minimum atomic E-state index is -4.62. The first kappa shape index (κ1) is 35.1. The minimum Gasteiger partial charge on any atom is -0.364 e. The molecule has 14 nitrogen and oxygen atoms in total. The molecule has 1 saturated heterocycles. The first-order valence-corrected chi connectivity index (χ1v) is 17.2. The average Bonchev–Trinajstić information content (AvgIpc) is 3.89. The topological polar surface area (TPSA) is 154 Å². The number of nitrogens with one attached hydrogen (secondary N) is 1. The highest BCUT2D eigenvalue weighted by molar-refractivity contribution is 6.33. The lowest BCUT2D eigenvalue weighted by Crippen LogP contribution is -2.47. The lowest BCUT2D eigenvalue weighted by Gasteiger charge is -2.38. The number of amides is 2. The molecule has 0 radical (unpaired) electrons. The molecular weight excluding hydrogens is 729 g/mol. The molecule has 1 fully saturated rings. The normalized spacial score (nSPS) is 15.2. The summed E-state index contributed by atoms with van der Waals surface area (Å²) >= 11 is 6.14. The molecule has 1 N–H and O–H groups in total. The predicted molar refractivity (Wildman–Crippen MR) is 188 cm³/mol. The van der Waals surface area contributed by atoms with Gasteiger partial charge in [0.25, 0.3) is 11.5 Å². The van der Waals surface area contributed by atoms with Crippen LogP contribution in [0.2, 0.25) is 5.02 Å². The first-order valence-electron chi connectivity index (χ1n) is 16.8. The Bertz CT molecular complexity index is 2520. The molecular formula is C36H30ClF3N10O4. The Balaban J connectivity index is 1.16. The van der Waals surface area contributed by atoms with Crippen molar-refractivity contribution in [1.29, 1.82) is 0 Å². The molecule has 54 heavy (non-hydrogen) atoms. The van der Waals surface area contributed by atoms with Crippen LogP contribution in [-0.2, 0) is 34.5 Å². The third-order valence-electron chi connectivity index (χ3n) is 9.68. The summed E-state index contributed by atoms with van der Waals surface area (Å²) < 4.78 is 50.7. The summed E-state index contributed by atoms with van der Waals surface area (Å²) in [5.74, 6) is -0.630. The SMILES string of the molecule is Cc1cc(C(=O)N2CCC3(CC2)OCc2c3c(=O)n3nc(-c4ccc(-n5cnc(C)c5)cc4)nc3n2CC(=O)Nc2ccc(C(F)(F)F)cc2Cl)ncn1. The third-order valence-corrected chi connectivity index (χ3v) is 9.99. The summed E-state index contributed by atoms with van der Waals surface area (Å²) in [5, 5.41) is 6.88. The number of benzene rings is 2. The van der Waals surface area contributed by atoms with Crippen LogP contribution in [0.1, 0.15) is 51.5 Å². The van der Waals surface area contributed by atoms with Gasteiger partial charge in [0.2, 0.25) is 11.7 Å². The molecule has 2 amide bonds. The zero-order chi connectivity index (χ0) is 37.9. The number of anilines is 1. The van der Waals surface area contributed by atoms with Crippen LogP contribution in [0.15, 0.2) is 72.2 Å². The van der Waals surface area contributed by atoms with Crippen LogP contribution >= 0.6 is 11.6 Å². The number of aryl methyl sites for hydroxylation is 2. The molecule has 0 unspecified atom stereocenters. The fraction of sp³-hybridized carbons (Fsp3) is 0.278. The average molecular weight is 759 g/mol. The smallest absolute Gasteiger partial charge is 0.364 e. The van der Waals surface area contributed by atoms with E-state index >= 15 is 0 Å². The van der Waals surface area contributed by atoms with E-state index in [9.17, 15) is 27.6 Å². The molecule has 6 heterocycles. The van der Waals surface area contributed by atoms with Crippen molar-refractivity contribution in [3.63, 3.8) is 0 Å². The summed E-state index contributed by atoms with van der Waals surface area (Å²) in [7, 11) is 0. The van der Waals surface area contributed by atoms with E-state index in [4.69, 9.17) is 21.3 Å². The van der Waals surface area contributed by atoms with E-state index in [1.807, 2.05) is 29.8 Å². The first-order chi connectivity index (χ1) is 25.8. The highest BCUT2D eigenvalue weighted by atomic mass is 35.5. The highest BCUT2D eigenvalue weighted by Gasteiger charge is 2.48. The molecule has 0 bridgehead atoms. The van der Waals surface area contributed by atoms with Crippen LogP contribution < -0.4 is 10.9 Å². The molecule has 1 spiro atoms. The molecule has 2 aromatic carbocycles. The number of rotatable bonds is 6. The standard InChI is InChI=1S/C36H30ClF3N10O4/c1-20-13-27(42-18-41-20)32(52)47-11-9-35(10-12-47)30-28(17-54-35)49(16-29(51)44-26-8-5-23(14-25(26)37)36(38,39)40)34-45-31(46-50(34)33(30)53)22-3-6-24(7-4-22)48-15-21(2)43-19-48/h3-8,13-15,18-19H,9-12,16-17H2,1-2H3,(H,44,51). The van der Waals surface area contributed by atoms with E-state index < -0.39 is 35.4 Å². The Morgan fingerprint density at radius 2 is 1.76 bits per heavy atom. The van der Waals surface area contributed by atoms with Crippen molar-refractivity contribution in [3.8, 4) is 17.1 Å². The second kappa shape index (κ2) is 13.2. The lowest BCUT2D eigenvalue weighted by molar-refractivity contribution is -0.137. The molecule has 2 aliphatic rings. The number of hydrogen-bond donors (Lipinski definition) is 1. The summed E-state index contributed by atoms with van der Waals surface area (Å²) in [6.45, 7) is 3.72. The molecule has 0 aliphatic carbocycles. The van der Waals surface area contributed by atoms with E-state index in [2.05, 4.69) is 25.4 Å². The van der Waals surface area contributed by atoms with Gasteiger partial charge >= 0.3 is 6.18 Å². The Labute approximate surface area is 309 Å². The summed E-state index contributed by atoms with van der Waals surface area (Å²) in [6.07, 6.45) is 0.847. The van der Waals surface area contributed by atoms with E-state index in [0.717, 1.165) is 34.1 Å². The Morgan fingerprint density at radius 3 is 2.43 bits per heavy atom. The Morgan fingerprint density at radius 1 is 1.00 bits per heavy atom. The van der Waals surface area contributed by atoms with Crippen molar-refractivity contribution in [2.24, 2.45) is 0 Å². The summed E-state index contributed by atoms with van der Waals surface area (Å²) in [6, 6.07) is 11.6. The van der Waals surface area contributed by atoms with E-state index in [0.29, 0.717) is 22.5 Å². The van der Waals surface area contributed by atoms with Gasteiger partial charge in [-0.05, 0) is 75.2 Å². The van der Waals surface area contributed by atoms with Crippen molar-refractivity contribution in [2.75, 3.05) is 18.4 Å². The number of imidazole rings is 1. The van der Waals surface area contributed by atoms with Crippen LogP contribution in [0, 0.1) is 13.8 Å². The molecule has 2 aliphatic heterocycles. The number of carbonyl (C=O) groups is 2. The number of alkyl halides is 3. The maximum absolute atomic E-state index is 14.4. The number of nitrogens with zero attached hydrogens (tertiary/aromatic N) is 9. The highest BCUT2D eigenvalue weighted by Crippen LogP contribution is 2.43. The lowest BCUT2D eigenvalue weighted by atomic mass is 9.85.